The third-order valence-electron chi connectivity index (χ3n) is 4.22. The number of likely N-dealkylation sites (N-methyl/N-ethyl adjacent to an activating group) is 1. The molecule has 0 aliphatic rings. The van der Waals surface area contributed by atoms with E-state index in [1.54, 1.807) is 25.3 Å². The maximum Gasteiger partial charge on any atom is 0.279 e. The van der Waals surface area contributed by atoms with E-state index in [1.807, 2.05) is 19.2 Å². The van der Waals surface area contributed by atoms with Crippen molar-refractivity contribution >= 4 is 34.0 Å². The molecule has 5 heteroatoms. The summed E-state index contributed by atoms with van der Waals surface area (Å²) >= 11 is 6.01. The molecule has 0 radical (unpaired) electrons. The molecule has 3 rings (SSSR count). The number of ether oxygens (including phenoxy) is 1. The molecule has 3 aromatic rings. The average molecular weight is 370 g/mol. The first-order valence-electron chi connectivity index (χ1n) is 8.47. The van der Waals surface area contributed by atoms with Crippen molar-refractivity contribution in [3.8, 4) is 5.75 Å². The average Bonchev–Trinajstić information content (AvgIpc) is 2.61. The van der Waals surface area contributed by atoms with Gasteiger partial charge in [-0.15, -0.1) is 0 Å². The highest BCUT2D eigenvalue weighted by molar-refractivity contribution is 6.31. The summed E-state index contributed by atoms with van der Waals surface area (Å²) in [5.74, 6) is 0.513. The Balaban J connectivity index is 1.62. The Labute approximate surface area is 158 Å². The minimum atomic E-state index is -0.0798. The quantitative estimate of drug-likeness (QED) is 0.701. The van der Waals surface area contributed by atoms with E-state index < -0.39 is 0 Å². The largest absolute Gasteiger partial charge is 0.495 e. The molecular weight excluding hydrogens is 348 g/mol. The Morgan fingerprint density at radius 2 is 1.85 bits per heavy atom. The van der Waals surface area contributed by atoms with Crippen LogP contribution in [0.15, 0.2) is 60.7 Å². The third-order valence-corrected chi connectivity index (χ3v) is 4.45. The Kier molecular flexibility index (Phi) is 5.76. The number of hydrogen-bond donors (Lipinski definition) is 2. The van der Waals surface area contributed by atoms with Gasteiger partial charge in [-0.2, -0.15) is 0 Å². The summed E-state index contributed by atoms with van der Waals surface area (Å²) in [6, 6.07) is 19.8. The Bertz CT molecular complexity index is 927. The van der Waals surface area contributed by atoms with Crippen molar-refractivity contribution in [2.24, 2.45) is 0 Å². The van der Waals surface area contributed by atoms with Crippen LogP contribution in [-0.4, -0.2) is 26.6 Å². The van der Waals surface area contributed by atoms with Crippen molar-refractivity contribution in [3.63, 3.8) is 0 Å². The molecule has 26 heavy (non-hydrogen) atoms. The molecule has 0 aromatic heterocycles. The SMILES string of the molecule is COc1ccc(Cl)cc1NC(=O)C[NH+](C)Cc1ccc2ccccc2c1. The molecule has 4 nitrogen and oxygen atoms in total. The van der Waals surface area contributed by atoms with Crippen LogP contribution >= 0.6 is 11.6 Å². The maximum absolute atomic E-state index is 12.4. The number of quaternary nitrogens is 1. The van der Waals surface area contributed by atoms with Gasteiger partial charge in [0.15, 0.2) is 6.54 Å². The van der Waals surface area contributed by atoms with Crippen LogP contribution in [0.3, 0.4) is 0 Å². The van der Waals surface area contributed by atoms with Gasteiger partial charge in [-0.3, -0.25) is 4.79 Å². The number of halogens is 1. The van der Waals surface area contributed by atoms with E-state index in [9.17, 15) is 4.79 Å². The number of benzene rings is 3. The molecule has 2 N–H and O–H groups in total. The van der Waals surface area contributed by atoms with E-state index in [2.05, 4.69) is 35.6 Å². The standard InChI is InChI=1S/C21H21ClN2O2/c1-24(13-15-7-8-16-5-3-4-6-17(16)11-15)14-21(25)23-19-12-18(22)9-10-20(19)26-2/h3-12H,13-14H2,1-2H3,(H,23,25)/p+1. The molecule has 3 aromatic carbocycles. The first-order chi connectivity index (χ1) is 12.5. The van der Waals surface area contributed by atoms with Crippen LogP contribution in [0.25, 0.3) is 10.8 Å². The molecule has 0 saturated heterocycles. The highest BCUT2D eigenvalue weighted by atomic mass is 35.5. The lowest BCUT2D eigenvalue weighted by Gasteiger charge is -2.15. The zero-order chi connectivity index (χ0) is 18.5. The number of hydrogen-bond acceptors (Lipinski definition) is 2. The molecule has 0 aliphatic carbocycles. The van der Waals surface area contributed by atoms with Crippen molar-refractivity contribution in [3.05, 3.63) is 71.2 Å². The highest BCUT2D eigenvalue weighted by Gasteiger charge is 2.13. The van der Waals surface area contributed by atoms with Gasteiger partial charge < -0.3 is 15.0 Å². The van der Waals surface area contributed by atoms with Gasteiger partial charge in [0.1, 0.15) is 12.3 Å². The van der Waals surface area contributed by atoms with Crippen LogP contribution in [0.5, 0.6) is 5.75 Å². The first kappa shape index (κ1) is 18.2. The van der Waals surface area contributed by atoms with E-state index in [-0.39, 0.29) is 5.91 Å². The van der Waals surface area contributed by atoms with E-state index in [0.29, 0.717) is 23.0 Å². The van der Waals surface area contributed by atoms with Crippen LogP contribution in [0.1, 0.15) is 5.56 Å². The van der Waals surface area contributed by atoms with Crippen LogP contribution in [-0.2, 0) is 11.3 Å². The fraction of sp³-hybridized carbons (Fsp3) is 0.190. The van der Waals surface area contributed by atoms with E-state index >= 15 is 0 Å². The number of rotatable bonds is 6. The number of amides is 1. The maximum atomic E-state index is 12.4. The van der Waals surface area contributed by atoms with Gasteiger partial charge in [0, 0.05) is 10.6 Å². The summed E-state index contributed by atoms with van der Waals surface area (Å²) in [7, 11) is 3.57. The van der Waals surface area contributed by atoms with E-state index in [4.69, 9.17) is 16.3 Å². The summed E-state index contributed by atoms with van der Waals surface area (Å²) in [4.78, 5) is 13.5. The van der Waals surface area contributed by atoms with E-state index in [0.717, 1.165) is 11.4 Å². The fourth-order valence-electron chi connectivity index (χ4n) is 3.01. The van der Waals surface area contributed by atoms with Gasteiger partial charge in [0.05, 0.1) is 19.8 Å². The highest BCUT2D eigenvalue weighted by Crippen LogP contribution is 2.27. The number of anilines is 1. The molecule has 1 unspecified atom stereocenters. The molecule has 0 aliphatic heterocycles. The lowest BCUT2D eigenvalue weighted by molar-refractivity contribution is -0.885. The number of carbonyl (C=O) groups excluding carboxylic acids is 1. The Hall–Kier alpha value is -2.56. The van der Waals surface area contributed by atoms with Crippen LogP contribution in [0.2, 0.25) is 5.02 Å². The zero-order valence-electron chi connectivity index (χ0n) is 14.9. The molecule has 0 spiro atoms. The molecular formula is C21H22ClN2O2+. The van der Waals surface area contributed by atoms with Gasteiger partial charge in [-0.1, -0.05) is 48.0 Å². The second-order valence-electron chi connectivity index (χ2n) is 6.38. The lowest BCUT2D eigenvalue weighted by Crippen LogP contribution is -3.08. The van der Waals surface area contributed by atoms with Crippen molar-refractivity contribution in [2.45, 2.75) is 6.54 Å². The summed E-state index contributed by atoms with van der Waals surface area (Å²) in [6.45, 7) is 1.12. The van der Waals surface area contributed by atoms with Gasteiger partial charge in [-0.05, 0) is 35.0 Å². The van der Waals surface area contributed by atoms with Gasteiger partial charge in [0.2, 0.25) is 0 Å². The minimum absolute atomic E-state index is 0.0798. The van der Waals surface area contributed by atoms with Crippen molar-refractivity contribution in [1.29, 1.82) is 0 Å². The van der Waals surface area contributed by atoms with Crippen LogP contribution in [0.4, 0.5) is 5.69 Å². The molecule has 0 saturated carbocycles. The van der Waals surface area contributed by atoms with Crippen LogP contribution in [0, 0.1) is 0 Å². The van der Waals surface area contributed by atoms with Crippen molar-refractivity contribution in [1.82, 2.24) is 0 Å². The monoisotopic (exact) mass is 369 g/mol. The second kappa shape index (κ2) is 8.21. The predicted molar refractivity (Wildman–Crippen MR) is 106 cm³/mol. The van der Waals surface area contributed by atoms with Crippen molar-refractivity contribution in [2.75, 3.05) is 26.0 Å². The summed E-state index contributed by atoms with van der Waals surface area (Å²) in [5, 5.41) is 5.87. The van der Waals surface area contributed by atoms with Crippen molar-refractivity contribution < 1.29 is 14.4 Å². The second-order valence-corrected chi connectivity index (χ2v) is 6.82. The lowest BCUT2D eigenvalue weighted by atomic mass is 10.1. The number of nitrogens with one attached hydrogen (secondary N) is 2. The van der Waals surface area contributed by atoms with E-state index in [1.165, 1.54) is 16.3 Å². The zero-order valence-corrected chi connectivity index (χ0v) is 15.6. The van der Waals surface area contributed by atoms with Gasteiger partial charge in [0.25, 0.3) is 5.91 Å². The summed E-state index contributed by atoms with van der Waals surface area (Å²) in [6.07, 6.45) is 0. The topological polar surface area (TPSA) is 42.8 Å². The molecule has 134 valence electrons. The first-order valence-corrected chi connectivity index (χ1v) is 8.85. The Morgan fingerprint density at radius 1 is 1.08 bits per heavy atom. The van der Waals surface area contributed by atoms with Gasteiger partial charge in [-0.25, -0.2) is 0 Å². The molecule has 1 atom stereocenters. The molecule has 1 amide bonds. The smallest absolute Gasteiger partial charge is 0.279 e. The third kappa shape index (κ3) is 4.54. The minimum Gasteiger partial charge on any atom is -0.495 e. The summed E-state index contributed by atoms with van der Waals surface area (Å²) < 4.78 is 5.26. The molecule has 0 heterocycles. The Morgan fingerprint density at radius 3 is 2.62 bits per heavy atom. The fourth-order valence-corrected chi connectivity index (χ4v) is 3.18. The number of methoxy groups -OCH3 is 1. The molecule has 0 bridgehead atoms. The molecule has 0 fully saturated rings. The number of carbonyl (C=O) groups is 1. The number of fused-ring (bicyclic) bond motifs is 1. The normalized spacial score (nSPS) is 12.0. The van der Waals surface area contributed by atoms with Crippen LogP contribution < -0.4 is 15.0 Å². The summed E-state index contributed by atoms with van der Waals surface area (Å²) in [5.41, 5.74) is 1.79. The predicted octanol–water partition coefficient (Wildman–Crippen LogP) is 3.16. The van der Waals surface area contributed by atoms with Gasteiger partial charge >= 0.3 is 0 Å².